The third-order valence-corrected chi connectivity index (χ3v) is 5.11. The zero-order valence-corrected chi connectivity index (χ0v) is 12.6. The monoisotopic (exact) mass is 299 g/mol. The van der Waals surface area contributed by atoms with Crippen LogP contribution in [0.1, 0.15) is 19.4 Å². The summed E-state index contributed by atoms with van der Waals surface area (Å²) in [4.78, 5) is 2.28. The molecule has 104 valence electrons. The van der Waals surface area contributed by atoms with Gasteiger partial charge in [0, 0.05) is 39.9 Å². The van der Waals surface area contributed by atoms with E-state index in [4.69, 9.17) is 22.5 Å². The first-order valence-corrected chi connectivity index (χ1v) is 7.63. The Bertz CT molecular complexity index is 495. The molecule has 4 nitrogen and oxygen atoms in total. The highest BCUT2D eigenvalue weighted by Crippen LogP contribution is 2.32. The highest BCUT2D eigenvalue weighted by Gasteiger charge is 2.27. The van der Waals surface area contributed by atoms with Crippen molar-refractivity contribution >= 4 is 34.9 Å². The standard InChI is InChI=1S/C13H18ClN3OS/c1-8-9(2)19-6-5-17(8)12-7-10(14)3-4-11(12)13(15)16-18/h3-4,7-9,18H,5-6H2,1-2H3,(H2,15,16). The second kappa shape index (κ2) is 5.92. The molecule has 0 spiro atoms. The summed E-state index contributed by atoms with van der Waals surface area (Å²) < 4.78 is 0. The number of oxime groups is 1. The molecule has 2 atom stereocenters. The molecule has 1 heterocycles. The van der Waals surface area contributed by atoms with Crippen molar-refractivity contribution in [3.05, 3.63) is 28.8 Å². The van der Waals surface area contributed by atoms with Crippen molar-refractivity contribution in [1.82, 2.24) is 0 Å². The number of rotatable bonds is 2. The Kier molecular flexibility index (Phi) is 4.47. The Balaban J connectivity index is 2.45. The first kappa shape index (κ1) is 14.3. The largest absolute Gasteiger partial charge is 0.409 e. The van der Waals surface area contributed by atoms with E-state index in [0.717, 1.165) is 23.5 Å². The highest BCUT2D eigenvalue weighted by atomic mass is 35.5. The van der Waals surface area contributed by atoms with Crippen LogP contribution in [-0.4, -0.2) is 34.6 Å². The van der Waals surface area contributed by atoms with E-state index in [-0.39, 0.29) is 5.84 Å². The lowest BCUT2D eigenvalue weighted by Gasteiger charge is -2.40. The van der Waals surface area contributed by atoms with Gasteiger partial charge >= 0.3 is 0 Å². The van der Waals surface area contributed by atoms with E-state index in [0.29, 0.717) is 16.3 Å². The van der Waals surface area contributed by atoms with Crippen molar-refractivity contribution in [2.45, 2.75) is 25.1 Å². The molecule has 1 saturated heterocycles. The summed E-state index contributed by atoms with van der Waals surface area (Å²) in [7, 11) is 0. The molecule has 0 bridgehead atoms. The van der Waals surface area contributed by atoms with Crippen LogP contribution >= 0.6 is 23.4 Å². The number of nitrogens with zero attached hydrogens (tertiary/aromatic N) is 2. The Hall–Kier alpha value is -1.07. The van der Waals surface area contributed by atoms with Crippen LogP contribution in [-0.2, 0) is 0 Å². The summed E-state index contributed by atoms with van der Waals surface area (Å²) in [6, 6.07) is 5.81. The summed E-state index contributed by atoms with van der Waals surface area (Å²) in [6.45, 7) is 5.34. The lowest BCUT2D eigenvalue weighted by molar-refractivity contribution is 0.318. The second-order valence-electron chi connectivity index (χ2n) is 4.66. The van der Waals surface area contributed by atoms with Crippen LogP contribution < -0.4 is 10.6 Å². The van der Waals surface area contributed by atoms with E-state index in [1.807, 2.05) is 17.8 Å². The van der Waals surface area contributed by atoms with E-state index < -0.39 is 0 Å². The normalized spacial score (nSPS) is 24.6. The third kappa shape index (κ3) is 2.92. The lowest BCUT2D eigenvalue weighted by Crippen LogP contribution is -2.45. The minimum atomic E-state index is 0.116. The molecule has 1 aliphatic heterocycles. The van der Waals surface area contributed by atoms with Gasteiger partial charge in [-0.2, -0.15) is 11.8 Å². The zero-order valence-electron chi connectivity index (χ0n) is 11.0. The fraction of sp³-hybridized carbons (Fsp3) is 0.462. The number of amidine groups is 1. The van der Waals surface area contributed by atoms with Gasteiger partial charge in [-0.1, -0.05) is 23.7 Å². The molecule has 1 fully saturated rings. The second-order valence-corrected chi connectivity index (χ2v) is 6.58. The molecule has 0 saturated carbocycles. The summed E-state index contributed by atoms with van der Waals surface area (Å²) in [5.74, 6) is 1.18. The minimum absolute atomic E-state index is 0.116. The van der Waals surface area contributed by atoms with E-state index in [1.54, 1.807) is 12.1 Å². The summed E-state index contributed by atoms with van der Waals surface area (Å²) in [6.07, 6.45) is 0. The fourth-order valence-corrected chi connectivity index (χ4v) is 3.55. The van der Waals surface area contributed by atoms with E-state index in [9.17, 15) is 0 Å². The Labute approximate surface area is 122 Å². The van der Waals surface area contributed by atoms with Crippen molar-refractivity contribution in [2.24, 2.45) is 10.9 Å². The SMILES string of the molecule is CC1SCCN(c2cc(Cl)ccc2/C(N)=N/O)C1C. The van der Waals surface area contributed by atoms with Gasteiger partial charge in [-0.3, -0.25) is 0 Å². The molecule has 1 aliphatic rings. The summed E-state index contributed by atoms with van der Waals surface area (Å²) >= 11 is 8.06. The summed E-state index contributed by atoms with van der Waals surface area (Å²) in [5.41, 5.74) is 7.41. The van der Waals surface area contributed by atoms with Gasteiger partial charge in [0.15, 0.2) is 5.84 Å². The van der Waals surface area contributed by atoms with Crippen molar-refractivity contribution in [3.63, 3.8) is 0 Å². The van der Waals surface area contributed by atoms with Crippen LogP contribution in [0.25, 0.3) is 0 Å². The maximum atomic E-state index is 8.91. The first-order valence-electron chi connectivity index (χ1n) is 6.20. The van der Waals surface area contributed by atoms with Crippen LogP contribution in [0.5, 0.6) is 0 Å². The average Bonchev–Trinajstić information content (AvgIpc) is 2.41. The lowest BCUT2D eigenvalue weighted by atomic mass is 10.1. The molecule has 2 rings (SSSR count). The molecular formula is C13H18ClN3OS. The first-order chi connectivity index (χ1) is 9.04. The van der Waals surface area contributed by atoms with Gasteiger partial charge in [-0.05, 0) is 25.1 Å². The number of anilines is 1. The number of hydrogen-bond donors (Lipinski definition) is 2. The molecule has 1 aromatic rings. The fourth-order valence-electron chi connectivity index (χ4n) is 2.29. The van der Waals surface area contributed by atoms with Gasteiger partial charge in [-0.15, -0.1) is 0 Å². The van der Waals surface area contributed by atoms with Crippen LogP contribution in [0, 0.1) is 0 Å². The van der Waals surface area contributed by atoms with Crippen LogP contribution in [0.15, 0.2) is 23.4 Å². The third-order valence-electron chi connectivity index (χ3n) is 3.54. The number of halogens is 1. The predicted octanol–water partition coefficient (Wildman–Crippen LogP) is 2.76. The van der Waals surface area contributed by atoms with Gasteiger partial charge in [0.25, 0.3) is 0 Å². The Morgan fingerprint density at radius 2 is 2.26 bits per heavy atom. The molecular weight excluding hydrogens is 282 g/mol. The number of hydrogen-bond acceptors (Lipinski definition) is 4. The molecule has 2 unspecified atom stereocenters. The molecule has 0 aliphatic carbocycles. The van der Waals surface area contributed by atoms with Gasteiger partial charge in [0.2, 0.25) is 0 Å². The zero-order chi connectivity index (χ0) is 14.0. The van der Waals surface area contributed by atoms with E-state index in [1.165, 1.54) is 0 Å². The van der Waals surface area contributed by atoms with Gasteiger partial charge < -0.3 is 15.8 Å². The number of nitrogens with two attached hydrogens (primary N) is 1. The molecule has 3 N–H and O–H groups in total. The predicted molar refractivity (Wildman–Crippen MR) is 82.7 cm³/mol. The number of benzene rings is 1. The Morgan fingerprint density at radius 3 is 2.95 bits per heavy atom. The maximum absolute atomic E-state index is 8.91. The Morgan fingerprint density at radius 1 is 1.53 bits per heavy atom. The van der Waals surface area contributed by atoms with Crippen molar-refractivity contribution in [2.75, 3.05) is 17.2 Å². The van der Waals surface area contributed by atoms with Crippen molar-refractivity contribution in [3.8, 4) is 0 Å². The van der Waals surface area contributed by atoms with Crippen LogP contribution in [0.3, 0.4) is 0 Å². The average molecular weight is 300 g/mol. The van der Waals surface area contributed by atoms with Gasteiger partial charge in [0.05, 0.1) is 0 Å². The molecule has 0 amide bonds. The molecule has 19 heavy (non-hydrogen) atoms. The minimum Gasteiger partial charge on any atom is -0.409 e. The quantitative estimate of drug-likeness (QED) is 0.381. The van der Waals surface area contributed by atoms with Crippen LogP contribution in [0.2, 0.25) is 5.02 Å². The summed E-state index contributed by atoms with van der Waals surface area (Å²) in [5, 5.41) is 13.2. The van der Waals surface area contributed by atoms with Crippen molar-refractivity contribution < 1.29 is 5.21 Å². The van der Waals surface area contributed by atoms with Gasteiger partial charge in [-0.25, -0.2) is 0 Å². The molecule has 0 aromatic heterocycles. The highest BCUT2D eigenvalue weighted by molar-refractivity contribution is 8.00. The smallest absolute Gasteiger partial charge is 0.172 e. The van der Waals surface area contributed by atoms with Crippen LogP contribution in [0.4, 0.5) is 5.69 Å². The van der Waals surface area contributed by atoms with E-state index >= 15 is 0 Å². The maximum Gasteiger partial charge on any atom is 0.172 e. The number of thioether (sulfide) groups is 1. The topological polar surface area (TPSA) is 61.8 Å². The van der Waals surface area contributed by atoms with E-state index in [2.05, 4.69) is 23.9 Å². The molecule has 0 radical (unpaired) electrons. The van der Waals surface area contributed by atoms with Gasteiger partial charge in [0.1, 0.15) is 0 Å². The molecule has 1 aromatic carbocycles. The molecule has 6 heteroatoms. The van der Waals surface area contributed by atoms with Crippen molar-refractivity contribution in [1.29, 1.82) is 0 Å².